The molecule has 6 heteroatoms. The van der Waals surface area contributed by atoms with Crippen molar-refractivity contribution < 1.29 is 9.47 Å². The molecule has 1 heterocycles. The van der Waals surface area contributed by atoms with Crippen molar-refractivity contribution in [2.45, 2.75) is 26.0 Å². The zero-order valence-electron chi connectivity index (χ0n) is 15.0. The van der Waals surface area contributed by atoms with Crippen LogP contribution < -0.4 is 4.74 Å². The Hall–Kier alpha value is -2.44. The minimum atomic E-state index is -0.215. The molecule has 3 aromatic rings. The Kier molecular flexibility index (Phi) is 6.20. The van der Waals surface area contributed by atoms with E-state index >= 15 is 0 Å². The number of aromatic amines is 1. The molecular formula is C20H23N3O2S. The lowest BCUT2D eigenvalue weighted by molar-refractivity contribution is 0.184. The number of ether oxygens (including phenoxy) is 2. The number of rotatable bonds is 8. The smallest absolute Gasteiger partial charge is 0.195 e. The first kappa shape index (κ1) is 18.4. The van der Waals surface area contributed by atoms with Crippen molar-refractivity contribution in [3.8, 4) is 16.9 Å². The molecule has 0 aliphatic rings. The Morgan fingerprint density at radius 3 is 2.46 bits per heavy atom. The molecule has 0 radical (unpaired) electrons. The summed E-state index contributed by atoms with van der Waals surface area (Å²) in [7, 11) is 1.69. The summed E-state index contributed by atoms with van der Waals surface area (Å²) in [6.45, 7) is 3.41. The maximum absolute atomic E-state index is 6.07. The van der Waals surface area contributed by atoms with Crippen LogP contribution in [0.25, 0.3) is 11.1 Å². The van der Waals surface area contributed by atoms with Gasteiger partial charge in [0.05, 0.1) is 0 Å². The summed E-state index contributed by atoms with van der Waals surface area (Å²) >= 11 is 5.33. The summed E-state index contributed by atoms with van der Waals surface area (Å²) in [6, 6.07) is 18.4. The molecule has 0 spiro atoms. The van der Waals surface area contributed by atoms with Crippen LogP contribution in [0.3, 0.4) is 0 Å². The third-order valence-corrected chi connectivity index (χ3v) is 4.47. The van der Waals surface area contributed by atoms with Gasteiger partial charge in [-0.3, -0.25) is 5.10 Å². The Morgan fingerprint density at radius 2 is 1.77 bits per heavy atom. The largest absolute Gasteiger partial charge is 0.483 e. The SMILES string of the molecule is COCCCn1c([C@@H](C)Oc2ccc(-c3ccccc3)cc2)n[nH]c1=S. The Morgan fingerprint density at radius 1 is 1.08 bits per heavy atom. The zero-order valence-corrected chi connectivity index (χ0v) is 15.8. The number of aromatic nitrogens is 3. The predicted molar refractivity (Wildman–Crippen MR) is 105 cm³/mol. The number of H-pyrrole nitrogens is 1. The minimum Gasteiger partial charge on any atom is -0.483 e. The van der Waals surface area contributed by atoms with Crippen LogP contribution in [0.4, 0.5) is 0 Å². The molecule has 0 unspecified atom stereocenters. The molecule has 0 fully saturated rings. The number of nitrogens with zero attached hydrogens (tertiary/aromatic N) is 2. The van der Waals surface area contributed by atoms with Crippen molar-refractivity contribution >= 4 is 12.2 Å². The van der Waals surface area contributed by atoms with Crippen molar-refractivity contribution in [3.63, 3.8) is 0 Å². The lowest BCUT2D eigenvalue weighted by Crippen LogP contribution is -2.13. The van der Waals surface area contributed by atoms with E-state index in [1.165, 1.54) is 5.56 Å². The number of benzene rings is 2. The molecule has 0 aliphatic heterocycles. The summed E-state index contributed by atoms with van der Waals surface area (Å²) in [5, 5.41) is 7.19. The van der Waals surface area contributed by atoms with Gasteiger partial charge in [-0.1, -0.05) is 42.5 Å². The fraction of sp³-hybridized carbons (Fsp3) is 0.300. The van der Waals surface area contributed by atoms with Gasteiger partial charge >= 0.3 is 0 Å². The molecule has 1 aromatic heterocycles. The van der Waals surface area contributed by atoms with Gasteiger partial charge in [-0.25, -0.2) is 0 Å². The number of hydrogen-bond acceptors (Lipinski definition) is 4. The van der Waals surface area contributed by atoms with Crippen LogP contribution in [0.1, 0.15) is 25.3 Å². The summed E-state index contributed by atoms with van der Waals surface area (Å²) in [6.07, 6.45) is 0.656. The second kappa shape index (κ2) is 8.78. The molecular weight excluding hydrogens is 346 g/mol. The minimum absolute atomic E-state index is 0.215. The van der Waals surface area contributed by atoms with Crippen molar-refractivity contribution in [1.29, 1.82) is 0 Å². The van der Waals surface area contributed by atoms with Gasteiger partial charge in [-0.05, 0) is 48.8 Å². The molecule has 0 saturated heterocycles. The van der Waals surface area contributed by atoms with Crippen molar-refractivity contribution in [1.82, 2.24) is 14.8 Å². The number of nitrogens with one attached hydrogen (secondary N) is 1. The second-order valence-electron chi connectivity index (χ2n) is 6.04. The van der Waals surface area contributed by atoms with Gasteiger partial charge in [0, 0.05) is 20.3 Å². The third-order valence-electron chi connectivity index (χ3n) is 4.16. The first-order valence-electron chi connectivity index (χ1n) is 8.65. The van der Waals surface area contributed by atoms with E-state index in [1.807, 2.05) is 41.8 Å². The van der Waals surface area contributed by atoms with Crippen molar-refractivity contribution in [2.75, 3.05) is 13.7 Å². The summed E-state index contributed by atoms with van der Waals surface area (Å²) < 4.78 is 13.8. The van der Waals surface area contributed by atoms with Gasteiger partial charge in [0.1, 0.15) is 5.75 Å². The van der Waals surface area contributed by atoms with E-state index in [0.29, 0.717) is 11.4 Å². The first-order chi connectivity index (χ1) is 12.7. The molecule has 2 aromatic carbocycles. The van der Waals surface area contributed by atoms with E-state index in [2.05, 4.69) is 34.5 Å². The number of methoxy groups -OCH3 is 1. The normalized spacial score (nSPS) is 12.1. The van der Waals surface area contributed by atoms with Gasteiger partial charge in [0.15, 0.2) is 16.7 Å². The lowest BCUT2D eigenvalue weighted by atomic mass is 10.1. The van der Waals surface area contributed by atoms with Crippen LogP contribution in [-0.2, 0) is 11.3 Å². The van der Waals surface area contributed by atoms with Crippen LogP contribution >= 0.6 is 12.2 Å². The quantitative estimate of drug-likeness (QED) is 0.458. The lowest BCUT2D eigenvalue weighted by Gasteiger charge is -2.16. The first-order valence-corrected chi connectivity index (χ1v) is 9.06. The third kappa shape index (κ3) is 4.39. The molecule has 0 amide bonds. The van der Waals surface area contributed by atoms with Gasteiger partial charge in [0.25, 0.3) is 0 Å². The molecule has 26 heavy (non-hydrogen) atoms. The second-order valence-corrected chi connectivity index (χ2v) is 6.42. The van der Waals surface area contributed by atoms with Gasteiger partial charge in [-0.2, -0.15) is 5.10 Å². The zero-order chi connectivity index (χ0) is 18.4. The van der Waals surface area contributed by atoms with E-state index in [0.717, 1.165) is 30.1 Å². The van der Waals surface area contributed by atoms with Crippen molar-refractivity contribution in [2.24, 2.45) is 0 Å². The van der Waals surface area contributed by atoms with Crippen LogP contribution in [0.15, 0.2) is 54.6 Å². The van der Waals surface area contributed by atoms with Crippen LogP contribution in [0, 0.1) is 4.77 Å². The maximum Gasteiger partial charge on any atom is 0.195 e. The average Bonchev–Trinajstić information content (AvgIpc) is 3.04. The van der Waals surface area contributed by atoms with Crippen LogP contribution in [0.2, 0.25) is 0 Å². The Labute approximate surface area is 158 Å². The standard InChI is InChI=1S/C20H23N3O2S/c1-15(19-21-22-20(26)23(19)13-6-14-24-2)25-18-11-9-17(10-12-18)16-7-4-3-5-8-16/h3-5,7-12,15H,6,13-14H2,1-2H3,(H,22,26)/t15-/m1/s1. The topological polar surface area (TPSA) is 52.1 Å². The highest BCUT2D eigenvalue weighted by atomic mass is 32.1. The summed E-state index contributed by atoms with van der Waals surface area (Å²) in [5.74, 6) is 1.59. The fourth-order valence-electron chi connectivity index (χ4n) is 2.84. The molecule has 1 N–H and O–H groups in total. The highest BCUT2D eigenvalue weighted by molar-refractivity contribution is 7.71. The summed E-state index contributed by atoms with van der Waals surface area (Å²) in [4.78, 5) is 0. The fourth-order valence-corrected chi connectivity index (χ4v) is 3.07. The maximum atomic E-state index is 6.07. The molecule has 5 nitrogen and oxygen atoms in total. The van der Waals surface area contributed by atoms with Gasteiger partial charge in [-0.15, -0.1) is 0 Å². The molecule has 0 bridgehead atoms. The summed E-state index contributed by atoms with van der Waals surface area (Å²) in [5.41, 5.74) is 2.35. The highest BCUT2D eigenvalue weighted by Gasteiger charge is 2.16. The van der Waals surface area contributed by atoms with Crippen molar-refractivity contribution in [3.05, 3.63) is 65.2 Å². The molecule has 3 rings (SSSR count). The predicted octanol–water partition coefficient (Wildman–Crippen LogP) is 4.78. The average molecular weight is 369 g/mol. The van der Waals surface area contributed by atoms with Gasteiger partial charge < -0.3 is 14.0 Å². The van der Waals surface area contributed by atoms with Crippen LogP contribution in [-0.4, -0.2) is 28.5 Å². The monoisotopic (exact) mass is 369 g/mol. The van der Waals surface area contributed by atoms with Gasteiger partial charge in [0.2, 0.25) is 0 Å². The van der Waals surface area contributed by atoms with E-state index in [9.17, 15) is 0 Å². The van der Waals surface area contributed by atoms with Crippen LogP contribution in [0.5, 0.6) is 5.75 Å². The number of hydrogen-bond donors (Lipinski definition) is 1. The van der Waals surface area contributed by atoms with E-state index in [1.54, 1.807) is 7.11 Å². The molecule has 0 aliphatic carbocycles. The molecule has 1 atom stereocenters. The van der Waals surface area contributed by atoms with E-state index in [-0.39, 0.29) is 6.10 Å². The Bertz CT molecular complexity index is 872. The Balaban J connectivity index is 1.70. The highest BCUT2D eigenvalue weighted by Crippen LogP contribution is 2.25. The molecule has 136 valence electrons. The van der Waals surface area contributed by atoms with E-state index in [4.69, 9.17) is 21.7 Å². The van der Waals surface area contributed by atoms with E-state index < -0.39 is 0 Å². The molecule has 0 saturated carbocycles.